The van der Waals surface area contributed by atoms with Gasteiger partial charge in [0, 0.05) is 5.69 Å². The van der Waals surface area contributed by atoms with E-state index in [0.717, 1.165) is 17.0 Å². The van der Waals surface area contributed by atoms with Gasteiger partial charge < -0.3 is 14.4 Å². The molecule has 1 saturated heterocycles. The molecule has 162 valence electrons. The van der Waals surface area contributed by atoms with Gasteiger partial charge in [-0.1, -0.05) is 0 Å². The van der Waals surface area contributed by atoms with E-state index in [1.54, 1.807) is 0 Å². The van der Waals surface area contributed by atoms with E-state index in [4.69, 9.17) is 20.0 Å². The lowest BCUT2D eigenvalue weighted by molar-refractivity contribution is -0.215. The van der Waals surface area contributed by atoms with Crippen LogP contribution >= 0.6 is 0 Å². The average molecular weight is 441 g/mol. The third-order valence-corrected chi connectivity index (χ3v) is 4.46. The molecule has 2 aromatic rings. The second-order valence-corrected chi connectivity index (χ2v) is 6.59. The predicted molar refractivity (Wildman–Crippen MR) is 94.9 cm³/mol. The number of nitrogens with zero attached hydrogens (tertiary/aromatic N) is 3. The minimum atomic E-state index is -4.83. The average Bonchev–Trinajstić information content (AvgIpc) is 3.16. The monoisotopic (exact) mass is 441 g/mol. The summed E-state index contributed by atoms with van der Waals surface area (Å²) in [6, 6.07) is 11.4. The summed E-state index contributed by atoms with van der Waals surface area (Å²) in [5.41, 5.74) is -1.87. The molecular formula is C20H13F6N3O2. The Hall–Kier alpha value is -3.44. The minimum Gasteiger partial charge on any atom is -0.491 e. The van der Waals surface area contributed by atoms with Gasteiger partial charge in [-0.05, 0) is 42.5 Å². The van der Waals surface area contributed by atoms with E-state index in [0.29, 0.717) is 17.4 Å². The number of anilines is 1. The molecule has 5 nitrogen and oxygen atoms in total. The number of benzene rings is 2. The fourth-order valence-corrected chi connectivity index (χ4v) is 3.07. The van der Waals surface area contributed by atoms with E-state index in [-0.39, 0.29) is 18.8 Å². The van der Waals surface area contributed by atoms with Gasteiger partial charge in [-0.2, -0.15) is 36.9 Å². The second kappa shape index (κ2) is 8.36. The highest BCUT2D eigenvalue weighted by Crippen LogP contribution is 2.38. The second-order valence-electron chi connectivity index (χ2n) is 6.59. The number of hydrogen-bond donors (Lipinski definition) is 0. The SMILES string of the molecule is N#Cc1ccc(OC[C@H]2CN(c3ccc(C(F)(F)F)c(C#N)c3)[C@@H](C(F)(F)F)O2)cc1. The summed E-state index contributed by atoms with van der Waals surface area (Å²) in [4.78, 5) is 0.744. The summed E-state index contributed by atoms with van der Waals surface area (Å²) < 4.78 is 89.8. The maximum absolute atomic E-state index is 13.5. The van der Waals surface area contributed by atoms with Gasteiger partial charge in [0.25, 0.3) is 0 Å². The highest BCUT2D eigenvalue weighted by molar-refractivity contribution is 5.56. The van der Waals surface area contributed by atoms with Gasteiger partial charge in [-0.15, -0.1) is 0 Å². The molecule has 11 heteroatoms. The van der Waals surface area contributed by atoms with Gasteiger partial charge in [0.1, 0.15) is 18.5 Å². The summed E-state index contributed by atoms with van der Waals surface area (Å²) in [5.74, 6) is 0.311. The molecule has 1 fully saturated rings. The molecule has 0 radical (unpaired) electrons. The first-order chi connectivity index (χ1) is 14.5. The summed E-state index contributed by atoms with van der Waals surface area (Å²) >= 11 is 0. The first-order valence-corrected chi connectivity index (χ1v) is 8.76. The molecule has 0 N–H and O–H groups in total. The molecule has 1 aliphatic rings. The quantitative estimate of drug-likeness (QED) is 0.648. The lowest BCUT2D eigenvalue weighted by Gasteiger charge is -2.27. The Labute approximate surface area is 172 Å². The molecule has 1 heterocycles. The molecular weight excluding hydrogens is 428 g/mol. The standard InChI is InChI=1S/C20H13F6N3O2/c21-19(22,23)17-6-3-14(7-13(17)9-28)29-10-16(31-18(29)20(24,25)26)11-30-15-4-1-12(8-27)2-5-15/h1-7,16,18H,10-11H2/t16-,18-/m1/s1. The summed E-state index contributed by atoms with van der Waals surface area (Å²) in [6.45, 7) is -0.586. The number of rotatable bonds is 4. The Balaban J connectivity index is 1.80. The van der Waals surface area contributed by atoms with Crippen LogP contribution in [-0.4, -0.2) is 31.7 Å². The number of alkyl halides is 6. The zero-order valence-corrected chi connectivity index (χ0v) is 15.5. The van der Waals surface area contributed by atoms with Crippen molar-refractivity contribution in [2.75, 3.05) is 18.1 Å². The van der Waals surface area contributed by atoms with E-state index >= 15 is 0 Å². The lowest BCUT2D eigenvalue weighted by Crippen LogP contribution is -2.42. The van der Waals surface area contributed by atoms with Crippen molar-refractivity contribution in [3.63, 3.8) is 0 Å². The van der Waals surface area contributed by atoms with Crippen molar-refractivity contribution in [1.82, 2.24) is 0 Å². The Morgan fingerprint density at radius 2 is 1.68 bits per heavy atom. The van der Waals surface area contributed by atoms with Crippen LogP contribution in [0.2, 0.25) is 0 Å². The van der Waals surface area contributed by atoms with Crippen molar-refractivity contribution in [1.29, 1.82) is 10.5 Å². The smallest absolute Gasteiger partial charge is 0.433 e. The highest BCUT2D eigenvalue weighted by atomic mass is 19.4. The molecule has 0 aliphatic carbocycles. The first-order valence-electron chi connectivity index (χ1n) is 8.76. The van der Waals surface area contributed by atoms with Gasteiger partial charge in [-0.25, -0.2) is 0 Å². The molecule has 1 aliphatic heterocycles. The molecule has 0 unspecified atom stereocenters. The predicted octanol–water partition coefficient (Wildman–Crippen LogP) is 4.62. The van der Waals surface area contributed by atoms with E-state index < -0.39 is 35.8 Å². The maximum Gasteiger partial charge on any atom is 0.433 e. The molecule has 0 amide bonds. The normalized spacial score (nSPS) is 19.0. The van der Waals surface area contributed by atoms with Crippen molar-refractivity contribution in [2.45, 2.75) is 24.7 Å². The summed E-state index contributed by atoms with van der Waals surface area (Å²) in [7, 11) is 0. The van der Waals surface area contributed by atoms with Crippen LogP contribution in [0.5, 0.6) is 5.75 Å². The Morgan fingerprint density at radius 3 is 2.23 bits per heavy atom. The van der Waals surface area contributed by atoms with Gasteiger partial charge in [0.15, 0.2) is 0 Å². The molecule has 31 heavy (non-hydrogen) atoms. The van der Waals surface area contributed by atoms with E-state index in [1.165, 1.54) is 30.3 Å². The van der Waals surface area contributed by atoms with Gasteiger partial charge in [0.2, 0.25) is 6.23 Å². The zero-order valence-electron chi connectivity index (χ0n) is 15.5. The van der Waals surface area contributed by atoms with Crippen LogP contribution < -0.4 is 9.64 Å². The van der Waals surface area contributed by atoms with Crippen molar-refractivity contribution in [2.24, 2.45) is 0 Å². The summed E-state index contributed by atoms with van der Waals surface area (Å²) in [6.07, 6.45) is -13.1. The third-order valence-electron chi connectivity index (χ3n) is 4.46. The highest BCUT2D eigenvalue weighted by Gasteiger charge is 2.51. The molecule has 0 bridgehead atoms. The van der Waals surface area contributed by atoms with Crippen molar-refractivity contribution < 1.29 is 35.8 Å². The molecule has 2 aromatic carbocycles. The minimum absolute atomic E-state index is 0.229. The van der Waals surface area contributed by atoms with Crippen LogP contribution in [0.3, 0.4) is 0 Å². The van der Waals surface area contributed by atoms with Crippen LogP contribution in [0.4, 0.5) is 32.0 Å². The Kier molecular flexibility index (Phi) is 6.00. The van der Waals surface area contributed by atoms with Crippen LogP contribution in [-0.2, 0) is 10.9 Å². The largest absolute Gasteiger partial charge is 0.491 e. The molecule has 2 atom stereocenters. The Bertz CT molecular complexity index is 1020. The fourth-order valence-electron chi connectivity index (χ4n) is 3.07. The number of hydrogen-bond acceptors (Lipinski definition) is 5. The maximum atomic E-state index is 13.5. The number of halogens is 6. The van der Waals surface area contributed by atoms with E-state index in [1.807, 2.05) is 6.07 Å². The van der Waals surface area contributed by atoms with Crippen molar-refractivity contribution in [3.05, 3.63) is 59.2 Å². The molecule has 3 rings (SSSR count). The van der Waals surface area contributed by atoms with Crippen LogP contribution in [0.25, 0.3) is 0 Å². The van der Waals surface area contributed by atoms with Crippen LogP contribution in [0.15, 0.2) is 42.5 Å². The van der Waals surface area contributed by atoms with Crippen molar-refractivity contribution >= 4 is 5.69 Å². The third kappa shape index (κ3) is 5.01. The van der Waals surface area contributed by atoms with Gasteiger partial charge in [-0.3, -0.25) is 0 Å². The zero-order chi connectivity index (χ0) is 22.8. The van der Waals surface area contributed by atoms with E-state index in [9.17, 15) is 26.3 Å². The van der Waals surface area contributed by atoms with E-state index in [2.05, 4.69) is 0 Å². The first kappa shape index (κ1) is 22.2. The van der Waals surface area contributed by atoms with Gasteiger partial charge >= 0.3 is 12.4 Å². The fraction of sp³-hybridized carbons (Fsp3) is 0.300. The molecule has 0 spiro atoms. The lowest BCUT2D eigenvalue weighted by atomic mass is 10.1. The topological polar surface area (TPSA) is 69.3 Å². The van der Waals surface area contributed by atoms with Gasteiger partial charge in [0.05, 0.1) is 35.4 Å². The number of ether oxygens (including phenoxy) is 2. The summed E-state index contributed by atoms with van der Waals surface area (Å²) in [5, 5.41) is 17.8. The number of nitriles is 2. The molecule has 0 aromatic heterocycles. The Morgan fingerprint density at radius 1 is 1.00 bits per heavy atom. The van der Waals surface area contributed by atoms with Crippen LogP contribution in [0.1, 0.15) is 16.7 Å². The van der Waals surface area contributed by atoms with Crippen LogP contribution in [0, 0.1) is 22.7 Å². The molecule has 0 saturated carbocycles. The van der Waals surface area contributed by atoms with Crippen molar-refractivity contribution in [3.8, 4) is 17.9 Å².